The predicted molar refractivity (Wildman–Crippen MR) is 108 cm³/mol. The highest BCUT2D eigenvalue weighted by Crippen LogP contribution is 2.07. The van der Waals surface area contributed by atoms with Crippen LogP contribution < -0.4 is 0 Å². The van der Waals surface area contributed by atoms with Crippen LogP contribution in [0.25, 0.3) is 0 Å². The highest BCUT2D eigenvalue weighted by atomic mass is 15.2. The lowest BCUT2D eigenvalue weighted by Crippen LogP contribution is -2.35. The fourth-order valence-corrected chi connectivity index (χ4v) is 2.91. The van der Waals surface area contributed by atoms with E-state index >= 15 is 0 Å². The molecule has 0 spiro atoms. The number of allylic oxidation sites excluding steroid dienone is 2. The summed E-state index contributed by atoms with van der Waals surface area (Å²) in [6.45, 7) is 5.33. The van der Waals surface area contributed by atoms with Crippen molar-refractivity contribution in [3.63, 3.8) is 0 Å². The standard InChI is InChI=1S/C24H24N2/c1-2-4-12-18-26(22-24-15-9-6-10-16-24)20-19-25(17-11-3-1)21-23-13-7-5-8-14-23/h1-2,5-10,13-16H,17-22H2/b2-1+. The van der Waals surface area contributed by atoms with Crippen molar-refractivity contribution in [3.8, 4) is 23.7 Å². The summed E-state index contributed by atoms with van der Waals surface area (Å²) in [5, 5.41) is 0. The predicted octanol–water partition coefficient (Wildman–Crippen LogP) is 3.57. The lowest BCUT2D eigenvalue weighted by molar-refractivity contribution is 0.221. The molecule has 0 aliphatic carbocycles. The molecule has 0 fully saturated rings. The molecule has 1 heterocycles. The van der Waals surface area contributed by atoms with Crippen LogP contribution in [0.1, 0.15) is 11.1 Å². The lowest BCUT2D eigenvalue weighted by Gasteiger charge is -2.25. The Hall–Kier alpha value is -2.78. The molecule has 0 radical (unpaired) electrons. The minimum atomic E-state index is 0.770. The molecule has 0 N–H and O–H groups in total. The zero-order valence-electron chi connectivity index (χ0n) is 15.1. The fourth-order valence-electron chi connectivity index (χ4n) is 2.91. The Balaban J connectivity index is 1.69. The number of benzene rings is 2. The zero-order chi connectivity index (χ0) is 17.9. The van der Waals surface area contributed by atoms with E-state index in [1.165, 1.54) is 11.1 Å². The van der Waals surface area contributed by atoms with Gasteiger partial charge in [-0.1, -0.05) is 84.3 Å². The molecule has 0 saturated carbocycles. The van der Waals surface area contributed by atoms with Crippen LogP contribution in [0.15, 0.2) is 72.8 Å². The molecule has 1 aliphatic heterocycles. The third kappa shape index (κ3) is 6.26. The van der Waals surface area contributed by atoms with Crippen LogP contribution in [-0.4, -0.2) is 36.0 Å². The maximum atomic E-state index is 3.24. The van der Waals surface area contributed by atoms with Crippen LogP contribution in [0.3, 0.4) is 0 Å². The quantitative estimate of drug-likeness (QED) is 0.785. The summed E-state index contributed by atoms with van der Waals surface area (Å²) in [6.07, 6.45) is 3.69. The SMILES string of the molecule is C1#CCN(Cc2ccccc2)CCN(Cc2ccccc2)CC#C/C=C/1. The molecule has 1 aliphatic rings. The lowest BCUT2D eigenvalue weighted by atomic mass is 10.2. The van der Waals surface area contributed by atoms with Crippen LogP contribution in [0.5, 0.6) is 0 Å². The monoisotopic (exact) mass is 340 g/mol. The molecule has 0 aromatic heterocycles. The Bertz CT molecular complexity index is 745. The smallest absolute Gasteiger partial charge is 0.0608 e. The number of hydrogen-bond donors (Lipinski definition) is 0. The summed E-state index contributed by atoms with van der Waals surface area (Å²) in [5.41, 5.74) is 2.65. The first-order chi connectivity index (χ1) is 12.9. The van der Waals surface area contributed by atoms with Gasteiger partial charge in [0.05, 0.1) is 13.1 Å². The summed E-state index contributed by atoms with van der Waals surface area (Å²) in [4.78, 5) is 4.81. The normalized spacial score (nSPS) is 16.9. The molecule has 2 heteroatoms. The minimum Gasteiger partial charge on any atom is -0.287 e. The maximum absolute atomic E-state index is 3.24. The van der Waals surface area contributed by atoms with E-state index < -0.39 is 0 Å². The molecule has 2 aromatic rings. The van der Waals surface area contributed by atoms with E-state index in [0.717, 1.165) is 39.3 Å². The van der Waals surface area contributed by atoms with E-state index in [1.807, 2.05) is 12.2 Å². The van der Waals surface area contributed by atoms with Gasteiger partial charge < -0.3 is 0 Å². The number of hydrogen-bond acceptors (Lipinski definition) is 2. The van der Waals surface area contributed by atoms with Gasteiger partial charge in [-0.25, -0.2) is 0 Å². The van der Waals surface area contributed by atoms with Crippen LogP contribution in [-0.2, 0) is 13.1 Å². The minimum absolute atomic E-state index is 0.770. The highest BCUT2D eigenvalue weighted by molar-refractivity contribution is 5.26. The van der Waals surface area contributed by atoms with E-state index in [9.17, 15) is 0 Å². The van der Waals surface area contributed by atoms with Gasteiger partial charge >= 0.3 is 0 Å². The van der Waals surface area contributed by atoms with Gasteiger partial charge in [0.2, 0.25) is 0 Å². The average molecular weight is 340 g/mol. The largest absolute Gasteiger partial charge is 0.287 e. The molecular weight excluding hydrogens is 316 g/mol. The van der Waals surface area contributed by atoms with Gasteiger partial charge in [0, 0.05) is 26.2 Å². The Morgan fingerprint density at radius 1 is 0.615 bits per heavy atom. The van der Waals surface area contributed by atoms with Crippen LogP contribution in [0, 0.1) is 23.7 Å². The number of rotatable bonds is 4. The van der Waals surface area contributed by atoms with Crippen LogP contribution >= 0.6 is 0 Å². The van der Waals surface area contributed by atoms with Crippen LogP contribution in [0.2, 0.25) is 0 Å². The van der Waals surface area contributed by atoms with Gasteiger partial charge in [-0.15, -0.1) is 0 Å². The molecule has 3 rings (SSSR count). The van der Waals surface area contributed by atoms with Crippen molar-refractivity contribution in [2.75, 3.05) is 26.2 Å². The van der Waals surface area contributed by atoms with Crippen molar-refractivity contribution in [1.29, 1.82) is 0 Å². The first-order valence-corrected chi connectivity index (χ1v) is 9.04. The Kier molecular flexibility index (Phi) is 7.12. The highest BCUT2D eigenvalue weighted by Gasteiger charge is 2.09. The van der Waals surface area contributed by atoms with Crippen molar-refractivity contribution in [3.05, 3.63) is 83.9 Å². The molecule has 0 atom stereocenters. The van der Waals surface area contributed by atoms with E-state index in [-0.39, 0.29) is 0 Å². The third-order valence-electron chi connectivity index (χ3n) is 4.29. The second kappa shape index (κ2) is 10.3. The summed E-state index contributed by atoms with van der Waals surface area (Å²) in [5.74, 6) is 12.6. The van der Waals surface area contributed by atoms with Crippen molar-refractivity contribution in [2.24, 2.45) is 0 Å². The first kappa shape index (κ1) is 18.0. The van der Waals surface area contributed by atoms with Gasteiger partial charge in [-0.2, -0.15) is 0 Å². The molecule has 26 heavy (non-hydrogen) atoms. The Morgan fingerprint density at radius 3 is 1.46 bits per heavy atom. The van der Waals surface area contributed by atoms with E-state index in [1.54, 1.807) is 0 Å². The van der Waals surface area contributed by atoms with E-state index in [0.29, 0.717) is 0 Å². The summed E-state index contributed by atoms with van der Waals surface area (Å²) < 4.78 is 0. The van der Waals surface area contributed by atoms with E-state index in [2.05, 4.69) is 94.1 Å². The van der Waals surface area contributed by atoms with Gasteiger partial charge in [0.25, 0.3) is 0 Å². The zero-order valence-corrected chi connectivity index (χ0v) is 15.1. The number of nitrogens with zero attached hydrogens (tertiary/aromatic N) is 2. The summed E-state index contributed by atoms with van der Waals surface area (Å²) >= 11 is 0. The van der Waals surface area contributed by atoms with E-state index in [4.69, 9.17) is 0 Å². The Morgan fingerprint density at radius 2 is 1.04 bits per heavy atom. The Labute approximate surface area is 157 Å². The van der Waals surface area contributed by atoms with Crippen molar-refractivity contribution >= 4 is 0 Å². The van der Waals surface area contributed by atoms with Crippen molar-refractivity contribution < 1.29 is 0 Å². The maximum Gasteiger partial charge on any atom is 0.0608 e. The summed E-state index contributed by atoms with van der Waals surface area (Å²) in [6, 6.07) is 21.2. The van der Waals surface area contributed by atoms with Crippen molar-refractivity contribution in [1.82, 2.24) is 9.80 Å². The first-order valence-electron chi connectivity index (χ1n) is 9.04. The van der Waals surface area contributed by atoms with Crippen LogP contribution in [0.4, 0.5) is 0 Å². The third-order valence-corrected chi connectivity index (χ3v) is 4.29. The molecule has 0 amide bonds. The van der Waals surface area contributed by atoms with Gasteiger partial charge in [0.1, 0.15) is 0 Å². The molecule has 0 bridgehead atoms. The van der Waals surface area contributed by atoms with Gasteiger partial charge in [-0.05, 0) is 23.3 Å². The van der Waals surface area contributed by atoms with Gasteiger partial charge in [-0.3, -0.25) is 9.80 Å². The molecule has 0 unspecified atom stereocenters. The molecule has 2 nitrogen and oxygen atoms in total. The van der Waals surface area contributed by atoms with Crippen molar-refractivity contribution in [2.45, 2.75) is 13.1 Å². The molecular formula is C24H24N2. The molecule has 2 aromatic carbocycles. The van der Waals surface area contributed by atoms with Gasteiger partial charge in [0.15, 0.2) is 0 Å². The molecule has 0 saturated heterocycles. The average Bonchev–Trinajstić information content (AvgIpc) is 2.67. The topological polar surface area (TPSA) is 6.48 Å². The molecule has 130 valence electrons. The fraction of sp³-hybridized carbons (Fsp3) is 0.250. The second-order valence-electron chi connectivity index (χ2n) is 6.37. The second-order valence-corrected chi connectivity index (χ2v) is 6.37. The summed E-state index contributed by atoms with van der Waals surface area (Å²) in [7, 11) is 0.